The molecule has 0 bridgehead atoms. The number of carboxylic acid groups (broad SMARTS) is 1. The summed E-state index contributed by atoms with van der Waals surface area (Å²) in [6.45, 7) is 9.09. The molecule has 6 heteroatoms. The second-order valence-electron chi connectivity index (χ2n) is 5.21. The maximum atomic E-state index is 12.4. The van der Waals surface area contributed by atoms with Gasteiger partial charge in [-0.2, -0.15) is 0 Å². The van der Waals surface area contributed by atoms with E-state index in [1.54, 1.807) is 15.9 Å². The van der Waals surface area contributed by atoms with Gasteiger partial charge in [-0.25, -0.2) is 9.59 Å². The van der Waals surface area contributed by atoms with Gasteiger partial charge in [0.25, 0.3) is 0 Å². The molecule has 2 amide bonds. The SMILES string of the molecule is C=CCN(C(=O)N1CCC(OCC(=O)O)CC1)C(C)C. The van der Waals surface area contributed by atoms with E-state index in [-0.39, 0.29) is 24.8 Å². The number of carbonyl (C=O) groups excluding carboxylic acids is 1. The third-order valence-electron chi connectivity index (χ3n) is 3.35. The Kier molecular flexibility index (Phi) is 6.51. The van der Waals surface area contributed by atoms with E-state index in [1.165, 1.54) is 0 Å². The van der Waals surface area contributed by atoms with E-state index in [1.807, 2.05) is 13.8 Å². The molecule has 1 fully saturated rings. The van der Waals surface area contributed by atoms with Crippen molar-refractivity contribution in [2.75, 3.05) is 26.2 Å². The Balaban J connectivity index is 2.45. The van der Waals surface area contributed by atoms with Crippen molar-refractivity contribution in [2.24, 2.45) is 0 Å². The largest absolute Gasteiger partial charge is 0.480 e. The summed E-state index contributed by atoms with van der Waals surface area (Å²) in [5.41, 5.74) is 0. The predicted octanol–water partition coefficient (Wildman–Crippen LogP) is 1.57. The summed E-state index contributed by atoms with van der Waals surface area (Å²) >= 11 is 0. The van der Waals surface area contributed by atoms with E-state index >= 15 is 0 Å². The number of carboxylic acids is 1. The number of hydrogen-bond acceptors (Lipinski definition) is 3. The summed E-state index contributed by atoms with van der Waals surface area (Å²) < 4.78 is 5.26. The predicted molar refractivity (Wildman–Crippen MR) is 75.6 cm³/mol. The molecule has 0 aromatic carbocycles. The average molecular weight is 284 g/mol. The van der Waals surface area contributed by atoms with E-state index < -0.39 is 5.97 Å². The van der Waals surface area contributed by atoms with Crippen LogP contribution in [0.5, 0.6) is 0 Å². The van der Waals surface area contributed by atoms with Crippen LogP contribution in [0.3, 0.4) is 0 Å². The van der Waals surface area contributed by atoms with Crippen LogP contribution in [0.4, 0.5) is 4.79 Å². The van der Waals surface area contributed by atoms with Crippen LogP contribution in [0.25, 0.3) is 0 Å². The number of rotatable bonds is 6. The molecule has 1 aliphatic heterocycles. The van der Waals surface area contributed by atoms with Gasteiger partial charge in [0.2, 0.25) is 0 Å². The van der Waals surface area contributed by atoms with Gasteiger partial charge in [0.1, 0.15) is 6.61 Å². The van der Waals surface area contributed by atoms with Gasteiger partial charge in [0.05, 0.1) is 6.10 Å². The maximum Gasteiger partial charge on any atom is 0.329 e. The lowest BCUT2D eigenvalue weighted by atomic mass is 10.1. The van der Waals surface area contributed by atoms with Crippen LogP contribution >= 0.6 is 0 Å². The Morgan fingerprint density at radius 1 is 1.45 bits per heavy atom. The molecule has 0 unspecified atom stereocenters. The molecule has 0 spiro atoms. The molecule has 1 aliphatic rings. The van der Waals surface area contributed by atoms with Crippen LogP contribution < -0.4 is 0 Å². The number of nitrogens with zero attached hydrogens (tertiary/aromatic N) is 2. The monoisotopic (exact) mass is 284 g/mol. The minimum absolute atomic E-state index is 0.0107. The summed E-state index contributed by atoms with van der Waals surface area (Å²) in [5.74, 6) is -0.958. The Hall–Kier alpha value is -1.56. The molecule has 0 atom stereocenters. The van der Waals surface area contributed by atoms with E-state index in [2.05, 4.69) is 6.58 Å². The van der Waals surface area contributed by atoms with Crippen LogP contribution in [0, 0.1) is 0 Å². The van der Waals surface area contributed by atoms with Crippen molar-refractivity contribution >= 4 is 12.0 Å². The van der Waals surface area contributed by atoms with Crippen molar-refractivity contribution in [2.45, 2.75) is 38.8 Å². The molecule has 1 saturated heterocycles. The summed E-state index contributed by atoms with van der Waals surface area (Å²) in [5, 5.41) is 8.57. The van der Waals surface area contributed by atoms with Gasteiger partial charge >= 0.3 is 12.0 Å². The Bertz CT molecular complexity index is 349. The summed E-state index contributed by atoms with van der Waals surface area (Å²) in [6, 6.07) is 0.137. The second kappa shape index (κ2) is 7.89. The van der Waals surface area contributed by atoms with Gasteiger partial charge in [-0.15, -0.1) is 6.58 Å². The molecule has 6 nitrogen and oxygen atoms in total. The number of likely N-dealkylation sites (tertiary alicyclic amines) is 1. The summed E-state index contributed by atoms with van der Waals surface area (Å²) in [7, 11) is 0. The lowest BCUT2D eigenvalue weighted by Crippen LogP contribution is -2.50. The molecule has 20 heavy (non-hydrogen) atoms. The van der Waals surface area contributed by atoms with Gasteiger partial charge < -0.3 is 19.6 Å². The van der Waals surface area contributed by atoms with Crippen molar-refractivity contribution < 1.29 is 19.4 Å². The number of hydrogen-bond donors (Lipinski definition) is 1. The number of carbonyl (C=O) groups is 2. The second-order valence-corrected chi connectivity index (χ2v) is 5.21. The number of amides is 2. The number of ether oxygens (including phenoxy) is 1. The average Bonchev–Trinajstić information content (AvgIpc) is 2.42. The van der Waals surface area contributed by atoms with Gasteiger partial charge in [-0.05, 0) is 26.7 Å². The van der Waals surface area contributed by atoms with E-state index in [4.69, 9.17) is 9.84 Å². The zero-order valence-corrected chi connectivity index (χ0v) is 12.2. The van der Waals surface area contributed by atoms with Crippen molar-refractivity contribution in [1.82, 2.24) is 9.80 Å². The highest BCUT2D eigenvalue weighted by Crippen LogP contribution is 2.16. The Morgan fingerprint density at radius 3 is 2.50 bits per heavy atom. The lowest BCUT2D eigenvalue weighted by Gasteiger charge is -2.36. The van der Waals surface area contributed by atoms with Crippen LogP contribution in [0.1, 0.15) is 26.7 Å². The summed E-state index contributed by atoms with van der Waals surface area (Å²) in [4.78, 5) is 26.4. The third kappa shape index (κ3) is 4.85. The first-order valence-electron chi connectivity index (χ1n) is 6.95. The molecule has 0 saturated carbocycles. The molecule has 0 radical (unpaired) electrons. The van der Waals surface area contributed by atoms with Crippen molar-refractivity contribution in [1.29, 1.82) is 0 Å². The smallest absolute Gasteiger partial charge is 0.329 e. The molecule has 114 valence electrons. The number of piperidine rings is 1. The van der Waals surface area contributed by atoms with Gasteiger partial charge in [0, 0.05) is 25.7 Å². The zero-order chi connectivity index (χ0) is 15.1. The number of aliphatic carboxylic acids is 1. The highest BCUT2D eigenvalue weighted by molar-refractivity contribution is 5.75. The van der Waals surface area contributed by atoms with Crippen molar-refractivity contribution in [3.63, 3.8) is 0 Å². The lowest BCUT2D eigenvalue weighted by molar-refractivity contribution is -0.145. The van der Waals surface area contributed by atoms with E-state index in [0.29, 0.717) is 32.5 Å². The number of urea groups is 1. The maximum absolute atomic E-state index is 12.4. The molecule has 0 aromatic rings. The highest BCUT2D eigenvalue weighted by atomic mass is 16.5. The fraction of sp³-hybridized carbons (Fsp3) is 0.714. The first-order chi connectivity index (χ1) is 9.45. The minimum Gasteiger partial charge on any atom is -0.480 e. The molecule has 0 aromatic heterocycles. The molecule has 1 N–H and O–H groups in total. The topological polar surface area (TPSA) is 70.1 Å². The van der Waals surface area contributed by atoms with Gasteiger partial charge in [-0.3, -0.25) is 0 Å². The first kappa shape index (κ1) is 16.5. The Labute approximate surface area is 120 Å². The minimum atomic E-state index is -0.958. The van der Waals surface area contributed by atoms with Gasteiger partial charge in [0.15, 0.2) is 0 Å². The van der Waals surface area contributed by atoms with Crippen LogP contribution in [-0.4, -0.2) is 65.3 Å². The van der Waals surface area contributed by atoms with Crippen LogP contribution in [0.2, 0.25) is 0 Å². The fourth-order valence-corrected chi connectivity index (χ4v) is 2.23. The summed E-state index contributed by atoms with van der Waals surface area (Å²) in [6.07, 6.45) is 3.01. The zero-order valence-electron chi connectivity index (χ0n) is 12.2. The normalized spacial score (nSPS) is 16.2. The van der Waals surface area contributed by atoms with Crippen molar-refractivity contribution in [3.05, 3.63) is 12.7 Å². The molecular weight excluding hydrogens is 260 g/mol. The first-order valence-corrected chi connectivity index (χ1v) is 6.95. The van der Waals surface area contributed by atoms with E-state index in [0.717, 1.165) is 0 Å². The third-order valence-corrected chi connectivity index (χ3v) is 3.35. The Morgan fingerprint density at radius 2 is 2.05 bits per heavy atom. The molecule has 0 aliphatic carbocycles. The van der Waals surface area contributed by atoms with Crippen molar-refractivity contribution in [3.8, 4) is 0 Å². The van der Waals surface area contributed by atoms with Crippen LogP contribution in [0.15, 0.2) is 12.7 Å². The van der Waals surface area contributed by atoms with Gasteiger partial charge in [-0.1, -0.05) is 6.08 Å². The molecular formula is C14H24N2O4. The molecule has 1 rings (SSSR count). The molecule has 1 heterocycles. The highest BCUT2D eigenvalue weighted by Gasteiger charge is 2.27. The fourth-order valence-electron chi connectivity index (χ4n) is 2.23. The van der Waals surface area contributed by atoms with E-state index in [9.17, 15) is 9.59 Å². The standard InChI is InChI=1S/C14H24N2O4/c1-4-7-16(11(2)3)14(19)15-8-5-12(6-9-15)20-10-13(17)18/h4,11-12H,1,5-10H2,2-3H3,(H,17,18). The van der Waals surface area contributed by atoms with Crippen LogP contribution in [-0.2, 0) is 9.53 Å². The quantitative estimate of drug-likeness (QED) is 0.752.